The van der Waals surface area contributed by atoms with Crippen LogP contribution in [0, 0.1) is 12.3 Å². The number of benzene rings is 2. The number of amides is 1. The van der Waals surface area contributed by atoms with Gasteiger partial charge in [0.2, 0.25) is 5.91 Å². The number of hydrogen-bond donors (Lipinski definition) is 11. The van der Waals surface area contributed by atoms with E-state index in [4.69, 9.17) is 39.6 Å². The number of aliphatic carboxylic acids is 1. The second-order valence-corrected chi connectivity index (χ2v) is 18.8. The molecule has 3 aliphatic rings. The van der Waals surface area contributed by atoms with E-state index in [1.165, 1.54) is 0 Å². The maximum atomic E-state index is 13.1. The molecule has 3 fully saturated rings. The summed E-state index contributed by atoms with van der Waals surface area (Å²) in [5.74, 6) is -2.86. The van der Waals surface area contributed by atoms with Gasteiger partial charge in [-0.15, -0.1) is 17.4 Å². The molecule has 416 valence electrons. The summed E-state index contributed by atoms with van der Waals surface area (Å²) < 4.78 is 43.6. The number of aryl methyl sites for hydroxylation is 2. The summed E-state index contributed by atoms with van der Waals surface area (Å²) in [6, 6.07) is 13.9. The fourth-order valence-electron chi connectivity index (χ4n) is 9.43. The van der Waals surface area contributed by atoms with Gasteiger partial charge in [-0.1, -0.05) is 41.6 Å². The van der Waals surface area contributed by atoms with Crippen molar-refractivity contribution in [3.05, 3.63) is 82.8 Å². The summed E-state index contributed by atoms with van der Waals surface area (Å²) in [6.07, 6.45) is -10.7. The molecule has 2 aromatic heterocycles. The van der Waals surface area contributed by atoms with Crippen molar-refractivity contribution in [3.63, 3.8) is 0 Å². The highest BCUT2D eigenvalue weighted by molar-refractivity contribution is 5.93. The number of pyridine rings is 1. The zero-order chi connectivity index (χ0) is 54.5. The minimum Gasteiger partial charge on any atom is -0.477 e. The molecule has 3 saturated heterocycles. The van der Waals surface area contributed by atoms with Gasteiger partial charge in [0.15, 0.2) is 18.0 Å². The number of carboxylic acids is 1. The fourth-order valence-corrected chi connectivity index (χ4v) is 9.43. The van der Waals surface area contributed by atoms with E-state index in [9.17, 15) is 65.4 Å². The number of aliphatic hydroxyl groups excluding tert-OH is 9. The van der Waals surface area contributed by atoms with Gasteiger partial charge in [0.25, 0.3) is 5.79 Å². The number of rotatable bonds is 26. The zero-order valence-corrected chi connectivity index (χ0v) is 41.5. The number of nitrogens with zero attached hydrogens (tertiary/aromatic N) is 4. The first-order valence-corrected chi connectivity index (χ1v) is 25.1. The van der Waals surface area contributed by atoms with Crippen molar-refractivity contribution in [1.82, 2.24) is 24.9 Å². The Hall–Kier alpha value is -5.35. The number of carbonyl (C=O) groups is 2. The molecule has 76 heavy (non-hydrogen) atoms. The molecule has 5 heterocycles. The minimum atomic E-state index is -2.80. The third-order valence-electron chi connectivity index (χ3n) is 13.5. The van der Waals surface area contributed by atoms with Crippen molar-refractivity contribution < 1.29 is 93.8 Å². The summed E-state index contributed by atoms with van der Waals surface area (Å²) in [7, 11) is 0. The monoisotopic (exact) mass is 1070 g/mol. The zero-order valence-electron chi connectivity index (χ0n) is 41.5. The smallest absolute Gasteiger partial charge is 0.364 e. The molecule has 2 aromatic carbocycles. The first kappa shape index (κ1) is 58.3. The first-order valence-electron chi connectivity index (χ1n) is 25.1. The molecule has 25 nitrogen and oxygen atoms in total. The molecule has 11 N–H and O–H groups in total. The second kappa shape index (κ2) is 27.3. The number of para-hydroxylation sites is 2. The van der Waals surface area contributed by atoms with Gasteiger partial charge in [0.1, 0.15) is 66.7 Å². The number of terminal acetylenes is 1. The molecule has 0 unspecified atom stereocenters. The molecule has 0 radical (unpaired) electrons. The highest BCUT2D eigenvalue weighted by Crippen LogP contribution is 2.35. The van der Waals surface area contributed by atoms with Crippen molar-refractivity contribution in [2.24, 2.45) is 0 Å². The number of carbonyl (C=O) groups excluding carboxylic acids is 1. The molecule has 0 bridgehead atoms. The third-order valence-corrected chi connectivity index (χ3v) is 13.5. The Morgan fingerprint density at radius 1 is 0.868 bits per heavy atom. The van der Waals surface area contributed by atoms with Crippen molar-refractivity contribution in [1.29, 1.82) is 0 Å². The lowest BCUT2D eigenvalue weighted by Gasteiger charge is -2.47. The molecular weight excluding hydrogens is 1000 g/mol. The van der Waals surface area contributed by atoms with E-state index < -0.39 is 130 Å². The average Bonchev–Trinajstić information content (AvgIpc) is 3.90. The highest BCUT2D eigenvalue weighted by atomic mass is 16.8. The normalized spacial score (nSPS) is 30.4. The minimum absolute atomic E-state index is 0.0327. The van der Waals surface area contributed by atoms with E-state index in [1.54, 1.807) is 16.8 Å². The van der Waals surface area contributed by atoms with Crippen LogP contribution in [0.15, 0.2) is 71.7 Å². The van der Waals surface area contributed by atoms with Gasteiger partial charge in [-0.3, -0.25) is 14.3 Å². The Kier molecular flexibility index (Phi) is 21.0. The van der Waals surface area contributed by atoms with Gasteiger partial charge in [0, 0.05) is 43.1 Å². The van der Waals surface area contributed by atoms with Crippen LogP contribution in [-0.2, 0) is 62.4 Å². The molecule has 1 amide bonds. The van der Waals surface area contributed by atoms with Crippen LogP contribution in [-0.4, -0.2) is 207 Å². The van der Waals surface area contributed by atoms with Crippen LogP contribution < -0.4 is 10.7 Å². The van der Waals surface area contributed by atoms with Gasteiger partial charge in [-0.2, -0.15) is 0 Å². The molecule has 7 rings (SSSR count). The lowest BCUT2D eigenvalue weighted by Crippen LogP contribution is -2.68. The Morgan fingerprint density at radius 3 is 2.22 bits per heavy atom. The summed E-state index contributed by atoms with van der Waals surface area (Å²) in [5, 5.41) is 119. The average molecular weight is 1070 g/mol. The van der Waals surface area contributed by atoms with E-state index >= 15 is 0 Å². The maximum absolute atomic E-state index is 13.1. The molecule has 15 atom stereocenters. The molecule has 4 aromatic rings. The quantitative estimate of drug-likeness (QED) is 0.0139. The number of unbranched alkanes of at least 4 members (excludes halogenated alkanes) is 3. The fraction of sp³-hybridized carbons (Fsp3) is 0.588. The van der Waals surface area contributed by atoms with E-state index in [1.807, 2.05) is 54.7 Å². The molecule has 0 spiro atoms. The van der Waals surface area contributed by atoms with Crippen LogP contribution in [0.5, 0.6) is 0 Å². The number of nitrogens with one attached hydrogen (secondary N) is 1. The molecule has 0 aliphatic carbocycles. The molecular formula is C51H67N5O20. The third kappa shape index (κ3) is 13.8. The summed E-state index contributed by atoms with van der Waals surface area (Å²) >= 11 is 0. The van der Waals surface area contributed by atoms with Crippen molar-refractivity contribution in [2.75, 3.05) is 33.0 Å². The van der Waals surface area contributed by atoms with E-state index in [0.29, 0.717) is 23.0 Å². The Balaban J connectivity index is 0.840. The second-order valence-electron chi connectivity index (χ2n) is 18.8. The van der Waals surface area contributed by atoms with Gasteiger partial charge in [-0.05, 0) is 49.9 Å². The Bertz CT molecular complexity index is 2600. The number of fused-ring (bicyclic) bond motifs is 2. The van der Waals surface area contributed by atoms with E-state index in [0.717, 1.165) is 36.8 Å². The maximum Gasteiger partial charge on any atom is 0.364 e. The SMILES string of the molecule is C#CCCCC(=O)N[C@H]1[C@H]([C@H](O)CO)O[C@@](OC[C@H]2O[C@@H](O[C@H]3[C@H](O)[C@@H](O)[C@H](OC/C=C/COCc4cn(CCCCCn5c6ccccc6c(=O)c6ccccc65)nn4)O[C@@H]3CO)[C@H](O)[C@@H](O)[C@H]2O)(C(=O)O)C[C@@H]1O. The van der Waals surface area contributed by atoms with Crippen LogP contribution in [0.1, 0.15) is 50.6 Å². The number of carboxylic acid groups (broad SMARTS) is 1. The number of hydrogen-bond acceptors (Lipinski definition) is 21. The lowest BCUT2D eigenvalue weighted by molar-refractivity contribution is -0.366. The number of aliphatic hydroxyl groups is 9. The van der Waals surface area contributed by atoms with E-state index in [2.05, 4.69) is 26.1 Å². The summed E-state index contributed by atoms with van der Waals surface area (Å²) in [6.45, 7) is -1.13. The van der Waals surface area contributed by atoms with Gasteiger partial charge >= 0.3 is 5.97 Å². The standard InChI is InChI=1S/C51H67N5O20/c1-2-3-5-18-38(61)52-39-34(59)23-51(50(68)69,76-46(39)35(60)25-57)72-28-37-41(63)42(64)44(66)49(74-37)75-47-36(26-58)73-48(45(67)43(47)65)71-22-13-12-21-70-27-29-24-55(54-53-29)19-10-4-11-20-56-32-16-8-6-14-30(32)40(62)31-15-7-9-17-33(31)56/h1,6-9,12-17,24,34-37,39,41-49,57-60,63-67H,3-5,10-11,18-23,25-28H2,(H,52,61)(H,68,69)/b13-12+/t34-,35+,36+,37+,39+,41-,42-,43+,44+,45+,46-,47+,48+,49-,51+/m0/s1. The molecule has 0 saturated carbocycles. The lowest BCUT2D eigenvalue weighted by atomic mass is 9.90. The van der Waals surface area contributed by atoms with Crippen molar-refractivity contribution in [3.8, 4) is 12.3 Å². The first-order chi connectivity index (χ1) is 36.6. The Labute approximate surface area is 435 Å². The largest absolute Gasteiger partial charge is 0.477 e. The van der Waals surface area contributed by atoms with Gasteiger partial charge < -0.3 is 94.1 Å². The number of ether oxygens (including phenoxy) is 7. The van der Waals surface area contributed by atoms with Crippen molar-refractivity contribution >= 4 is 33.7 Å². The Morgan fingerprint density at radius 2 is 1.54 bits per heavy atom. The van der Waals surface area contributed by atoms with Crippen LogP contribution in [0.4, 0.5) is 0 Å². The predicted octanol–water partition coefficient (Wildman–Crippen LogP) is -2.07. The van der Waals surface area contributed by atoms with Crippen LogP contribution in [0.25, 0.3) is 21.8 Å². The molecule has 25 heteroatoms. The summed E-state index contributed by atoms with van der Waals surface area (Å²) in [4.78, 5) is 38.3. The highest BCUT2D eigenvalue weighted by Gasteiger charge is 2.57. The van der Waals surface area contributed by atoms with Gasteiger partial charge in [-0.25, -0.2) is 4.79 Å². The van der Waals surface area contributed by atoms with Crippen LogP contribution in [0.3, 0.4) is 0 Å². The van der Waals surface area contributed by atoms with Gasteiger partial charge in [0.05, 0.1) is 69.0 Å². The topological polar surface area (TPSA) is 366 Å². The predicted molar refractivity (Wildman–Crippen MR) is 263 cm³/mol. The molecule has 3 aliphatic heterocycles. The summed E-state index contributed by atoms with van der Waals surface area (Å²) in [5.41, 5.74) is 2.48. The van der Waals surface area contributed by atoms with Crippen LogP contribution in [0.2, 0.25) is 0 Å². The number of aromatic nitrogens is 4. The van der Waals surface area contributed by atoms with E-state index in [-0.39, 0.29) is 44.5 Å². The van der Waals surface area contributed by atoms with Crippen molar-refractivity contribution in [2.45, 2.75) is 156 Å². The van der Waals surface area contributed by atoms with Crippen LogP contribution >= 0.6 is 0 Å².